The van der Waals surface area contributed by atoms with E-state index in [0.29, 0.717) is 46.1 Å². The zero-order chi connectivity index (χ0) is 25.2. The number of H-pyrrole nitrogens is 1. The second kappa shape index (κ2) is 12.0. The van der Waals surface area contributed by atoms with Gasteiger partial charge in [-0.15, -0.1) is 0 Å². The van der Waals surface area contributed by atoms with Crippen LogP contribution in [0.3, 0.4) is 0 Å². The van der Waals surface area contributed by atoms with Crippen molar-refractivity contribution in [2.75, 3.05) is 18.1 Å². The second-order valence-electron chi connectivity index (χ2n) is 7.46. The number of nitrogens with zero attached hydrogens (tertiary/aromatic N) is 4. The van der Waals surface area contributed by atoms with E-state index in [-0.39, 0.29) is 31.4 Å². The first-order valence-corrected chi connectivity index (χ1v) is 11.0. The topological polar surface area (TPSA) is 124 Å². The van der Waals surface area contributed by atoms with Crippen molar-refractivity contribution >= 4 is 28.7 Å². The first-order chi connectivity index (χ1) is 16.9. The number of aromatic amines is 1. The smallest absolute Gasteiger partial charge is 0.307 e. The number of hydrogen-bond acceptors (Lipinski definition) is 7. The number of anilines is 1. The van der Waals surface area contributed by atoms with Crippen LogP contribution in [-0.4, -0.2) is 40.0 Å². The Balaban J connectivity index is 1.76. The summed E-state index contributed by atoms with van der Waals surface area (Å²) in [5.74, 6) is 0.431. The van der Waals surface area contributed by atoms with Crippen LogP contribution in [0.4, 0.5) is 5.82 Å². The van der Waals surface area contributed by atoms with E-state index < -0.39 is 0 Å². The summed E-state index contributed by atoms with van der Waals surface area (Å²) in [7, 11) is 0. The molecule has 35 heavy (non-hydrogen) atoms. The average Bonchev–Trinajstić information content (AvgIpc) is 3.29. The van der Waals surface area contributed by atoms with Gasteiger partial charge in [0.25, 0.3) is 5.91 Å². The number of nitrogens with one attached hydrogen (secondary N) is 2. The fourth-order valence-corrected chi connectivity index (χ4v) is 3.20. The lowest BCUT2D eigenvalue weighted by Gasteiger charge is -2.21. The fourth-order valence-electron chi connectivity index (χ4n) is 3.20. The molecule has 0 aliphatic heterocycles. The van der Waals surface area contributed by atoms with Gasteiger partial charge in [-0.2, -0.15) is 5.26 Å². The number of nitriles is 1. The molecule has 0 atom stereocenters. The number of imidazole rings is 1. The van der Waals surface area contributed by atoms with Gasteiger partial charge in [-0.3, -0.25) is 14.5 Å². The Kier molecular flexibility index (Phi) is 8.51. The van der Waals surface area contributed by atoms with Gasteiger partial charge in [0.1, 0.15) is 11.6 Å². The van der Waals surface area contributed by atoms with Crippen LogP contribution in [0.15, 0.2) is 79.2 Å². The summed E-state index contributed by atoms with van der Waals surface area (Å²) < 4.78 is 5.00. The summed E-state index contributed by atoms with van der Waals surface area (Å²) in [6, 6.07) is 12.4. The van der Waals surface area contributed by atoms with Gasteiger partial charge in [-0.1, -0.05) is 19.2 Å². The van der Waals surface area contributed by atoms with E-state index in [1.165, 1.54) is 4.90 Å². The molecule has 2 N–H and O–H groups in total. The molecule has 178 valence electrons. The highest BCUT2D eigenvalue weighted by Gasteiger charge is 2.21. The minimum atomic E-state index is -0.379. The average molecular weight is 471 g/mol. The number of benzene rings is 1. The Morgan fingerprint density at radius 3 is 2.80 bits per heavy atom. The third-order valence-corrected chi connectivity index (χ3v) is 4.91. The maximum Gasteiger partial charge on any atom is 0.307 e. The van der Waals surface area contributed by atoms with E-state index in [9.17, 15) is 9.59 Å². The lowest BCUT2D eigenvalue weighted by atomic mass is 10.1. The van der Waals surface area contributed by atoms with Crippen LogP contribution in [0, 0.1) is 11.3 Å². The zero-order valence-electron chi connectivity index (χ0n) is 19.5. The van der Waals surface area contributed by atoms with Crippen molar-refractivity contribution in [2.24, 2.45) is 0 Å². The number of carbonyl (C=O) groups is 2. The minimum Gasteiger partial charge on any atom is -0.466 e. The normalized spacial score (nSPS) is 10.6. The number of ether oxygens (including phenoxy) is 1. The molecule has 9 heteroatoms. The zero-order valence-corrected chi connectivity index (χ0v) is 19.5. The number of pyridine rings is 1. The van der Waals surface area contributed by atoms with Crippen LogP contribution in [0.2, 0.25) is 0 Å². The number of esters is 1. The van der Waals surface area contributed by atoms with Crippen molar-refractivity contribution in [3.05, 3.63) is 90.6 Å². The maximum absolute atomic E-state index is 13.4. The molecule has 0 saturated heterocycles. The Labute approximate surface area is 203 Å². The van der Waals surface area contributed by atoms with Gasteiger partial charge in [0.15, 0.2) is 0 Å². The molecule has 9 nitrogen and oxygen atoms in total. The molecular weight excluding hydrogens is 444 g/mol. The molecule has 0 spiro atoms. The Morgan fingerprint density at radius 1 is 1.26 bits per heavy atom. The van der Waals surface area contributed by atoms with Crippen LogP contribution in [0.1, 0.15) is 29.5 Å². The monoisotopic (exact) mass is 470 g/mol. The van der Waals surface area contributed by atoms with Crippen LogP contribution in [0.5, 0.6) is 0 Å². The van der Waals surface area contributed by atoms with E-state index in [2.05, 4.69) is 33.4 Å². The molecule has 0 aliphatic carbocycles. The first kappa shape index (κ1) is 24.9. The third-order valence-electron chi connectivity index (χ3n) is 4.91. The van der Waals surface area contributed by atoms with Crippen LogP contribution < -0.4 is 10.2 Å². The van der Waals surface area contributed by atoms with E-state index in [4.69, 9.17) is 10.00 Å². The predicted molar refractivity (Wildman–Crippen MR) is 133 cm³/mol. The molecule has 1 amide bonds. The van der Waals surface area contributed by atoms with E-state index in [1.807, 2.05) is 6.07 Å². The summed E-state index contributed by atoms with van der Waals surface area (Å²) >= 11 is 0. The van der Waals surface area contributed by atoms with Gasteiger partial charge in [0.2, 0.25) is 0 Å². The number of fused-ring (bicyclic) bond motifs is 1. The van der Waals surface area contributed by atoms with Crippen LogP contribution >= 0.6 is 0 Å². The van der Waals surface area contributed by atoms with Crippen molar-refractivity contribution in [2.45, 2.75) is 19.9 Å². The molecule has 3 aromatic rings. The quantitative estimate of drug-likeness (QED) is 0.248. The van der Waals surface area contributed by atoms with Gasteiger partial charge in [0.05, 0.1) is 36.7 Å². The van der Waals surface area contributed by atoms with Crippen molar-refractivity contribution in [1.29, 1.82) is 5.26 Å². The summed E-state index contributed by atoms with van der Waals surface area (Å²) in [5, 5.41) is 11.9. The molecule has 0 bridgehead atoms. The fraction of sp³-hybridized carbons (Fsp3) is 0.192. The highest BCUT2D eigenvalue weighted by atomic mass is 16.5. The number of allylic oxidation sites excluding steroid dienone is 3. The molecule has 0 saturated carbocycles. The number of rotatable bonds is 11. The van der Waals surface area contributed by atoms with Gasteiger partial charge in [-0.25, -0.2) is 9.97 Å². The van der Waals surface area contributed by atoms with Crippen molar-refractivity contribution < 1.29 is 14.3 Å². The first-order valence-electron chi connectivity index (χ1n) is 11.0. The van der Waals surface area contributed by atoms with E-state index in [1.54, 1.807) is 61.7 Å². The lowest BCUT2D eigenvalue weighted by molar-refractivity contribution is -0.142. The summed E-state index contributed by atoms with van der Waals surface area (Å²) in [4.78, 5) is 38.7. The van der Waals surface area contributed by atoms with Crippen molar-refractivity contribution in [3.8, 4) is 6.07 Å². The predicted octanol–water partition coefficient (Wildman–Crippen LogP) is 3.80. The molecule has 0 aliphatic rings. The Hall–Kier alpha value is -4.71. The molecule has 2 aromatic heterocycles. The molecule has 0 fully saturated rings. The molecule has 2 heterocycles. The molecule has 0 unspecified atom stereocenters. The highest BCUT2D eigenvalue weighted by Crippen LogP contribution is 2.19. The van der Waals surface area contributed by atoms with Crippen molar-refractivity contribution in [3.63, 3.8) is 0 Å². The maximum atomic E-state index is 13.4. The number of carbonyl (C=O) groups excluding carboxylic acids is 2. The number of amides is 1. The van der Waals surface area contributed by atoms with Gasteiger partial charge in [0, 0.05) is 29.6 Å². The largest absolute Gasteiger partial charge is 0.466 e. The third kappa shape index (κ3) is 6.88. The van der Waals surface area contributed by atoms with Crippen molar-refractivity contribution in [1.82, 2.24) is 20.3 Å². The molecule has 1 aromatic carbocycles. The Bertz CT molecular complexity index is 1300. The summed E-state index contributed by atoms with van der Waals surface area (Å²) in [6.07, 6.45) is 4.88. The number of aromatic nitrogens is 3. The minimum absolute atomic E-state index is 0.0539. The van der Waals surface area contributed by atoms with Crippen LogP contribution in [-0.2, 0) is 16.1 Å². The molecular formula is C26H26N6O3. The summed E-state index contributed by atoms with van der Waals surface area (Å²) in [5.41, 5.74) is 2.75. The second-order valence-corrected chi connectivity index (χ2v) is 7.46. The molecule has 0 radical (unpaired) electrons. The van der Waals surface area contributed by atoms with E-state index in [0.717, 1.165) is 0 Å². The van der Waals surface area contributed by atoms with Gasteiger partial charge in [-0.05, 0) is 49.4 Å². The SMILES string of the molecule is C=C(C#N)/C=C\C(=C)NCc1nc2ccc(C(=O)N(CCC(=O)OCC)c3ccccn3)cc2[nH]1. The van der Waals surface area contributed by atoms with E-state index >= 15 is 0 Å². The highest BCUT2D eigenvalue weighted by molar-refractivity contribution is 6.07. The standard InChI is InChI=1S/C26H26N6O3/c1-4-35-25(33)12-14-32(24-7-5-6-13-28-24)26(34)20-10-11-21-22(15-20)31-23(30-21)17-29-19(3)9-8-18(2)16-27/h5-11,13,15,29H,2-4,12,14,17H2,1H3,(H,30,31)/b9-8-. The lowest BCUT2D eigenvalue weighted by Crippen LogP contribution is -2.34. The Morgan fingerprint density at radius 2 is 2.09 bits per heavy atom. The van der Waals surface area contributed by atoms with Gasteiger partial charge >= 0.3 is 5.97 Å². The molecule has 3 rings (SSSR count). The number of hydrogen-bond donors (Lipinski definition) is 2. The summed E-state index contributed by atoms with van der Waals surface area (Å²) in [6.45, 7) is 9.99. The van der Waals surface area contributed by atoms with Gasteiger partial charge < -0.3 is 15.0 Å². The van der Waals surface area contributed by atoms with Crippen LogP contribution in [0.25, 0.3) is 11.0 Å².